The van der Waals surface area contributed by atoms with Gasteiger partial charge in [0.05, 0.1) is 18.4 Å². The highest BCUT2D eigenvalue weighted by molar-refractivity contribution is 5.95. The minimum absolute atomic E-state index is 0.0944. The van der Waals surface area contributed by atoms with Gasteiger partial charge in [-0.3, -0.25) is 9.59 Å². The van der Waals surface area contributed by atoms with E-state index in [0.29, 0.717) is 30.0 Å². The van der Waals surface area contributed by atoms with E-state index in [1.165, 1.54) is 0 Å². The molecule has 1 aromatic carbocycles. The number of amides is 1. The summed E-state index contributed by atoms with van der Waals surface area (Å²) in [6.07, 6.45) is 2.09. The van der Waals surface area contributed by atoms with Crippen LogP contribution in [0.2, 0.25) is 0 Å². The molecule has 0 spiro atoms. The molecule has 1 aliphatic rings. The smallest absolute Gasteiger partial charge is 0.307 e. The van der Waals surface area contributed by atoms with E-state index in [1.54, 1.807) is 24.3 Å². The predicted molar refractivity (Wildman–Crippen MR) is 78.6 cm³/mol. The van der Waals surface area contributed by atoms with Crippen molar-refractivity contribution in [2.24, 2.45) is 17.8 Å². The number of carboxylic acid groups (broad SMARTS) is 1. The van der Waals surface area contributed by atoms with Crippen LogP contribution in [0.15, 0.2) is 24.3 Å². The first-order valence-electron chi connectivity index (χ1n) is 7.28. The lowest BCUT2D eigenvalue weighted by molar-refractivity contribution is -0.145. The molecule has 3 N–H and O–H groups in total. The van der Waals surface area contributed by atoms with E-state index in [-0.39, 0.29) is 12.5 Å². The normalized spacial score (nSPS) is 24.8. The van der Waals surface area contributed by atoms with Crippen molar-refractivity contribution in [1.29, 1.82) is 0 Å². The van der Waals surface area contributed by atoms with Crippen molar-refractivity contribution in [3.05, 3.63) is 29.8 Å². The topological polar surface area (TPSA) is 86.6 Å². The number of rotatable bonds is 5. The Balaban J connectivity index is 2.09. The molecule has 1 aliphatic carbocycles. The second kappa shape index (κ2) is 6.72. The molecule has 114 valence electrons. The Labute approximate surface area is 124 Å². The number of nitrogens with one attached hydrogen (secondary N) is 1. The maximum atomic E-state index is 12.4. The summed E-state index contributed by atoms with van der Waals surface area (Å²) in [6, 6.07) is 6.94. The summed E-state index contributed by atoms with van der Waals surface area (Å²) in [7, 11) is 0. The van der Waals surface area contributed by atoms with Crippen LogP contribution < -0.4 is 5.32 Å². The number of aliphatic carboxylic acids is 1. The summed E-state index contributed by atoms with van der Waals surface area (Å²) in [6.45, 7) is 1.93. The van der Waals surface area contributed by atoms with Crippen molar-refractivity contribution >= 4 is 17.6 Å². The maximum absolute atomic E-state index is 12.4. The zero-order valence-corrected chi connectivity index (χ0v) is 12.1. The molecule has 1 fully saturated rings. The highest BCUT2D eigenvalue weighted by Gasteiger charge is 2.42. The molecule has 0 aliphatic heterocycles. The van der Waals surface area contributed by atoms with Crippen molar-refractivity contribution < 1.29 is 19.8 Å². The lowest BCUT2D eigenvalue weighted by atomic mass is 9.95. The summed E-state index contributed by atoms with van der Waals surface area (Å²) < 4.78 is 0. The van der Waals surface area contributed by atoms with Gasteiger partial charge in [-0.1, -0.05) is 25.5 Å². The molecule has 1 saturated carbocycles. The van der Waals surface area contributed by atoms with Crippen LogP contribution in [0, 0.1) is 17.8 Å². The number of benzene rings is 1. The SMILES string of the molecule is CCC1CC(C(=O)O)C(C(=O)Nc2cccc(CO)c2)C1. The van der Waals surface area contributed by atoms with Crippen LogP contribution in [0.25, 0.3) is 0 Å². The number of hydrogen-bond donors (Lipinski definition) is 3. The molecule has 5 heteroatoms. The molecule has 1 aromatic rings. The Kier molecular flexibility index (Phi) is 4.96. The Hall–Kier alpha value is -1.88. The Bertz CT molecular complexity index is 529. The van der Waals surface area contributed by atoms with Crippen LogP contribution in [-0.4, -0.2) is 22.1 Å². The molecule has 0 radical (unpaired) electrons. The average Bonchev–Trinajstić information content (AvgIpc) is 2.92. The first-order chi connectivity index (χ1) is 10.0. The highest BCUT2D eigenvalue weighted by atomic mass is 16.4. The molecule has 2 rings (SSSR count). The van der Waals surface area contributed by atoms with Crippen LogP contribution in [0.3, 0.4) is 0 Å². The maximum Gasteiger partial charge on any atom is 0.307 e. The number of anilines is 1. The van der Waals surface area contributed by atoms with E-state index in [1.807, 2.05) is 6.92 Å². The minimum Gasteiger partial charge on any atom is -0.481 e. The number of carbonyl (C=O) groups excluding carboxylic acids is 1. The van der Waals surface area contributed by atoms with Crippen LogP contribution in [0.1, 0.15) is 31.7 Å². The second-order valence-electron chi connectivity index (χ2n) is 5.64. The molecule has 3 atom stereocenters. The van der Waals surface area contributed by atoms with E-state index in [0.717, 1.165) is 6.42 Å². The standard InChI is InChI=1S/C16H21NO4/c1-2-10-7-13(14(8-10)16(20)21)15(19)17-12-5-3-4-11(6-12)9-18/h3-6,10,13-14,18H,2,7-9H2,1H3,(H,17,19)(H,20,21). The second-order valence-corrected chi connectivity index (χ2v) is 5.64. The molecular formula is C16H21NO4. The summed E-state index contributed by atoms with van der Waals surface area (Å²) in [5.41, 5.74) is 1.30. The Morgan fingerprint density at radius 3 is 2.62 bits per heavy atom. The van der Waals surface area contributed by atoms with E-state index >= 15 is 0 Å². The van der Waals surface area contributed by atoms with Gasteiger partial charge in [0.2, 0.25) is 5.91 Å². The van der Waals surface area contributed by atoms with Crippen LogP contribution in [0.5, 0.6) is 0 Å². The molecular weight excluding hydrogens is 270 g/mol. The Morgan fingerprint density at radius 2 is 2.00 bits per heavy atom. The molecule has 1 amide bonds. The number of aliphatic hydroxyl groups is 1. The summed E-state index contributed by atoms with van der Waals surface area (Å²) >= 11 is 0. The van der Waals surface area contributed by atoms with Crippen molar-refractivity contribution in [1.82, 2.24) is 0 Å². The van der Waals surface area contributed by atoms with Crippen LogP contribution >= 0.6 is 0 Å². The molecule has 3 unspecified atom stereocenters. The van der Waals surface area contributed by atoms with Gasteiger partial charge in [-0.05, 0) is 36.5 Å². The van der Waals surface area contributed by atoms with Gasteiger partial charge in [-0.2, -0.15) is 0 Å². The van der Waals surface area contributed by atoms with E-state index in [2.05, 4.69) is 5.32 Å². The van der Waals surface area contributed by atoms with Crippen molar-refractivity contribution in [2.75, 3.05) is 5.32 Å². The van der Waals surface area contributed by atoms with E-state index in [4.69, 9.17) is 5.11 Å². The van der Waals surface area contributed by atoms with Gasteiger partial charge in [0.1, 0.15) is 0 Å². The summed E-state index contributed by atoms with van der Waals surface area (Å²) in [5, 5.41) is 21.2. The average molecular weight is 291 g/mol. The van der Waals surface area contributed by atoms with Crippen molar-refractivity contribution in [3.8, 4) is 0 Å². The fourth-order valence-electron chi connectivity index (χ4n) is 3.02. The summed E-state index contributed by atoms with van der Waals surface area (Å²) in [4.78, 5) is 23.7. The lowest BCUT2D eigenvalue weighted by Gasteiger charge is -2.15. The lowest BCUT2D eigenvalue weighted by Crippen LogP contribution is -2.30. The highest BCUT2D eigenvalue weighted by Crippen LogP contribution is 2.39. The zero-order valence-electron chi connectivity index (χ0n) is 12.1. The molecule has 0 aromatic heterocycles. The van der Waals surface area contributed by atoms with Gasteiger partial charge >= 0.3 is 5.97 Å². The summed E-state index contributed by atoms with van der Waals surface area (Å²) in [5.74, 6) is -1.92. The zero-order chi connectivity index (χ0) is 15.4. The third-order valence-corrected chi connectivity index (χ3v) is 4.27. The first kappa shape index (κ1) is 15.5. The molecule has 0 heterocycles. The van der Waals surface area contributed by atoms with Crippen molar-refractivity contribution in [2.45, 2.75) is 32.8 Å². The fraction of sp³-hybridized carbons (Fsp3) is 0.500. The van der Waals surface area contributed by atoms with Crippen LogP contribution in [0.4, 0.5) is 5.69 Å². The van der Waals surface area contributed by atoms with Gasteiger partial charge in [-0.25, -0.2) is 0 Å². The van der Waals surface area contributed by atoms with Gasteiger partial charge in [0.25, 0.3) is 0 Å². The molecule has 5 nitrogen and oxygen atoms in total. The third kappa shape index (κ3) is 3.61. The fourth-order valence-corrected chi connectivity index (χ4v) is 3.02. The predicted octanol–water partition coefficient (Wildman–Crippen LogP) is 2.25. The quantitative estimate of drug-likeness (QED) is 0.776. The largest absolute Gasteiger partial charge is 0.481 e. The minimum atomic E-state index is -0.893. The first-order valence-corrected chi connectivity index (χ1v) is 7.28. The molecule has 0 bridgehead atoms. The number of carboxylic acids is 1. The van der Waals surface area contributed by atoms with Crippen molar-refractivity contribution in [3.63, 3.8) is 0 Å². The van der Waals surface area contributed by atoms with E-state index in [9.17, 15) is 14.7 Å². The van der Waals surface area contributed by atoms with Gasteiger partial charge in [0.15, 0.2) is 0 Å². The van der Waals surface area contributed by atoms with E-state index < -0.39 is 17.8 Å². The monoisotopic (exact) mass is 291 g/mol. The molecule has 0 saturated heterocycles. The van der Waals surface area contributed by atoms with Gasteiger partial charge < -0.3 is 15.5 Å². The Morgan fingerprint density at radius 1 is 1.29 bits per heavy atom. The van der Waals surface area contributed by atoms with Gasteiger partial charge in [0, 0.05) is 5.69 Å². The number of aliphatic hydroxyl groups excluding tert-OH is 1. The van der Waals surface area contributed by atoms with Crippen LogP contribution in [-0.2, 0) is 16.2 Å². The number of carbonyl (C=O) groups is 2. The van der Waals surface area contributed by atoms with Gasteiger partial charge in [-0.15, -0.1) is 0 Å². The number of hydrogen-bond acceptors (Lipinski definition) is 3. The molecule has 21 heavy (non-hydrogen) atoms. The third-order valence-electron chi connectivity index (χ3n) is 4.27.